The second-order valence-electron chi connectivity index (χ2n) is 11.3. The number of carbonyl (C=O) groups excluding carboxylic acids is 1. The third kappa shape index (κ3) is 4.19. The highest BCUT2D eigenvalue weighted by molar-refractivity contribution is 6.74. The largest absolute Gasteiger partial charge is 0.413 e. The zero-order valence-electron chi connectivity index (χ0n) is 20.5. The Balaban J connectivity index is 1.75. The van der Waals surface area contributed by atoms with E-state index >= 15 is 0 Å². The summed E-state index contributed by atoms with van der Waals surface area (Å²) in [5.74, 6) is 0.482. The molecule has 3 heterocycles. The van der Waals surface area contributed by atoms with Crippen LogP contribution >= 0.6 is 0 Å². The smallest absolute Gasteiger partial charge is 0.315 e. The van der Waals surface area contributed by atoms with E-state index in [-0.39, 0.29) is 17.1 Å². The minimum atomic E-state index is -1.98. The van der Waals surface area contributed by atoms with Gasteiger partial charge in [-0.05, 0) is 60.5 Å². The highest BCUT2D eigenvalue weighted by Gasteiger charge is 2.58. The number of nitrogens with two attached hydrogens (primary N) is 1. The number of nitrogens with zero attached hydrogens (tertiary/aromatic N) is 3. The molecule has 3 unspecified atom stereocenters. The third-order valence-electron chi connectivity index (χ3n) is 7.90. The Labute approximate surface area is 196 Å². The number of urea groups is 1. The molecule has 3 fully saturated rings. The van der Waals surface area contributed by atoms with Gasteiger partial charge in [0.25, 0.3) is 0 Å². The van der Waals surface area contributed by atoms with Crippen LogP contribution in [0, 0.1) is 11.7 Å². The maximum atomic E-state index is 13.6. The fraction of sp³-hybridized carbons (Fsp3) is 0.560. The molecular formula is C25H35FN4O2Si. The van der Waals surface area contributed by atoms with Gasteiger partial charge in [0.1, 0.15) is 0 Å². The van der Waals surface area contributed by atoms with Crippen LogP contribution in [0.1, 0.15) is 58.1 Å². The Hall–Kier alpha value is -2.32. The zero-order valence-corrected chi connectivity index (χ0v) is 21.5. The highest BCUT2D eigenvalue weighted by Crippen LogP contribution is 2.56. The molecule has 8 heteroatoms. The van der Waals surface area contributed by atoms with Gasteiger partial charge in [0.15, 0.2) is 20.0 Å². The fourth-order valence-electron chi connectivity index (χ4n) is 5.20. The Morgan fingerprint density at radius 1 is 1.27 bits per heavy atom. The minimum Gasteiger partial charge on any atom is -0.413 e. The minimum absolute atomic E-state index is 0.0829. The molecule has 1 saturated carbocycles. The molecule has 6 nitrogen and oxygen atoms in total. The van der Waals surface area contributed by atoms with Crippen LogP contribution in [0.15, 0.2) is 30.6 Å². The van der Waals surface area contributed by atoms with E-state index in [0.717, 1.165) is 36.0 Å². The second kappa shape index (κ2) is 8.16. The van der Waals surface area contributed by atoms with Crippen molar-refractivity contribution in [1.29, 1.82) is 0 Å². The molecule has 2 aliphatic heterocycles. The number of hydrogen-bond donors (Lipinski definition) is 1. The van der Waals surface area contributed by atoms with E-state index in [1.54, 1.807) is 0 Å². The number of benzene rings is 1. The van der Waals surface area contributed by atoms with Gasteiger partial charge in [-0.2, -0.15) is 0 Å². The van der Waals surface area contributed by atoms with Crippen LogP contribution in [0.2, 0.25) is 18.1 Å². The standard InChI is InChI=1S/C25H35FN4O2Si/c1-16-9-20-12-25(11-16,30(20)23(27)31)18-8-7-17(15-32-33(5,6)24(2,3)4)21(10-18)22-28-13-19(26)14-29-22/h7-8,10,13-14,16,20H,9,11-12,15H2,1-6H3,(H2,27,31). The number of piperidine rings is 1. The number of aromatic nitrogens is 2. The summed E-state index contributed by atoms with van der Waals surface area (Å²) in [6.07, 6.45) is 5.13. The molecule has 2 aromatic rings. The Bertz CT molecular complexity index is 1050. The van der Waals surface area contributed by atoms with Gasteiger partial charge < -0.3 is 15.1 Å². The molecular weight excluding hydrogens is 435 g/mol. The highest BCUT2D eigenvalue weighted by atomic mass is 28.4. The van der Waals surface area contributed by atoms with Crippen molar-refractivity contribution in [3.63, 3.8) is 0 Å². The molecule has 5 rings (SSSR count). The van der Waals surface area contributed by atoms with Crippen molar-refractivity contribution in [2.45, 2.75) is 83.3 Å². The van der Waals surface area contributed by atoms with Crippen LogP contribution in [0.5, 0.6) is 0 Å². The average molecular weight is 471 g/mol. The fourth-order valence-corrected chi connectivity index (χ4v) is 6.15. The van der Waals surface area contributed by atoms with Crippen molar-refractivity contribution in [3.8, 4) is 11.4 Å². The maximum absolute atomic E-state index is 13.6. The summed E-state index contributed by atoms with van der Waals surface area (Å²) in [4.78, 5) is 22.7. The quantitative estimate of drug-likeness (QED) is 0.578. The van der Waals surface area contributed by atoms with Gasteiger partial charge in [-0.3, -0.25) is 0 Å². The van der Waals surface area contributed by atoms with Gasteiger partial charge in [-0.25, -0.2) is 19.2 Å². The molecule has 0 radical (unpaired) electrons. The lowest BCUT2D eigenvalue weighted by Crippen LogP contribution is -2.70. The Morgan fingerprint density at radius 2 is 1.94 bits per heavy atom. The monoisotopic (exact) mass is 470 g/mol. The van der Waals surface area contributed by atoms with E-state index in [1.165, 1.54) is 12.4 Å². The van der Waals surface area contributed by atoms with E-state index < -0.39 is 19.7 Å². The van der Waals surface area contributed by atoms with Crippen LogP contribution in [-0.4, -0.2) is 35.3 Å². The lowest BCUT2D eigenvalue weighted by Gasteiger charge is -2.63. The normalized spacial score (nSPS) is 25.0. The Morgan fingerprint density at radius 3 is 2.55 bits per heavy atom. The van der Waals surface area contributed by atoms with Gasteiger partial charge >= 0.3 is 6.03 Å². The van der Waals surface area contributed by atoms with E-state index in [2.05, 4.69) is 62.9 Å². The van der Waals surface area contributed by atoms with Gasteiger partial charge in [0, 0.05) is 11.6 Å². The molecule has 2 saturated heterocycles. The summed E-state index contributed by atoms with van der Waals surface area (Å²) in [6.45, 7) is 13.7. The van der Waals surface area contributed by atoms with Crippen LogP contribution in [0.4, 0.5) is 9.18 Å². The molecule has 2 amide bonds. The van der Waals surface area contributed by atoms with Crippen molar-refractivity contribution >= 4 is 14.3 Å². The lowest BCUT2D eigenvalue weighted by molar-refractivity contribution is -0.0963. The van der Waals surface area contributed by atoms with Crippen molar-refractivity contribution in [2.75, 3.05) is 0 Å². The molecule has 3 atom stereocenters. The molecule has 2 bridgehead atoms. The van der Waals surface area contributed by atoms with Crippen LogP contribution in [0.3, 0.4) is 0 Å². The number of primary amides is 1. The first-order chi connectivity index (χ1) is 15.3. The first-order valence-corrected chi connectivity index (χ1v) is 14.6. The first-order valence-electron chi connectivity index (χ1n) is 11.7. The second-order valence-corrected chi connectivity index (χ2v) is 16.1. The summed E-state index contributed by atoms with van der Waals surface area (Å²) in [6, 6.07) is 6.01. The summed E-state index contributed by atoms with van der Waals surface area (Å²) in [5, 5.41) is 0.0829. The van der Waals surface area contributed by atoms with E-state index in [9.17, 15) is 9.18 Å². The molecule has 2 N–H and O–H groups in total. The summed E-state index contributed by atoms with van der Waals surface area (Å²) in [7, 11) is -1.98. The third-order valence-corrected chi connectivity index (χ3v) is 12.4. The van der Waals surface area contributed by atoms with Gasteiger partial charge in [-0.15, -0.1) is 0 Å². The zero-order chi connectivity index (χ0) is 24.2. The van der Waals surface area contributed by atoms with Crippen LogP contribution < -0.4 is 5.73 Å². The number of fused-ring (bicyclic) bond motifs is 2. The predicted molar refractivity (Wildman–Crippen MR) is 129 cm³/mol. The average Bonchev–Trinajstić information content (AvgIpc) is 2.71. The first kappa shape index (κ1) is 23.8. The maximum Gasteiger partial charge on any atom is 0.315 e. The predicted octanol–water partition coefficient (Wildman–Crippen LogP) is 5.58. The van der Waals surface area contributed by atoms with E-state index in [4.69, 9.17) is 10.2 Å². The molecule has 1 aromatic heterocycles. The SMILES string of the molecule is CC1CC2CC(c3ccc(CO[Si](C)(C)C(C)(C)C)c(-c4ncc(F)cn4)c3)(C1)N2C(N)=O. The molecule has 178 valence electrons. The number of carbonyl (C=O) groups is 1. The van der Waals surface area contributed by atoms with Gasteiger partial charge in [0.05, 0.1) is 24.5 Å². The van der Waals surface area contributed by atoms with Crippen molar-refractivity contribution in [3.05, 3.63) is 47.5 Å². The van der Waals surface area contributed by atoms with Crippen molar-refractivity contribution in [1.82, 2.24) is 14.9 Å². The molecule has 0 spiro atoms. The van der Waals surface area contributed by atoms with Crippen molar-refractivity contribution in [2.24, 2.45) is 11.7 Å². The summed E-state index contributed by atoms with van der Waals surface area (Å²) in [5.41, 5.74) is 8.19. The topological polar surface area (TPSA) is 81.3 Å². The molecule has 33 heavy (non-hydrogen) atoms. The number of amides is 2. The lowest BCUT2D eigenvalue weighted by atomic mass is 9.61. The number of rotatable bonds is 5. The number of halogens is 1. The van der Waals surface area contributed by atoms with Crippen LogP contribution in [-0.2, 0) is 16.6 Å². The van der Waals surface area contributed by atoms with E-state index in [0.29, 0.717) is 18.3 Å². The molecule has 3 aliphatic rings. The molecule has 1 aromatic carbocycles. The van der Waals surface area contributed by atoms with Gasteiger partial charge in [0.2, 0.25) is 0 Å². The van der Waals surface area contributed by atoms with E-state index in [1.807, 2.05) is 11.0 Å². The van der Waals surface area contributed by atoms with Crippen LogP contribution in [0.25, 0.3) is 11.4 Å². The molecule has 1 aliphatic carbocycles. The summed E-state index contributed by atoms with van der Waals surface area (Å²) >= 11 is 0. The Kier molecular flexibility index (Phi) is 5.89. The van der Waals surface area contributed by atoms with Crippen molar-refractivity contribution < 1.29 is 13.6 Å². The number of hydrogen-bond acceptors (Lipinski definition) is 4. The summed E-state index contributed by atoms with van der Waals surface area (Å²) < 4.78 is 20.0. The van der Waals surface area contributed by atoms with Gasteiger partial charge in [-0.1, -0.05) is 39.8 Å².